The highest BCUT2D eigenvalue weighted by atomic mass is 35.5. The Morgan fingerprint density at radius 3 is 2.42 bits per heavy atom. The van der Waals surface area contributed by atoms with Gasteiger partial charge in [0.15, 0.2) is 16.6 Å². The van der Waals surface area contributed by atoms with Crippen molar-refractivity contribution in [3.8, 4) is 11.5 Å². The normalized spacial score (nSPS) is 17.1. The van der Waals surface area contributed by atoms with Crippen LogP contribution in [0.3, 0.4) is 0 Å². The fourth-order valence-electron chi connectivity index (χ4n) is 4.22. The molecule has 36 heavy (non-hydrogen) atoms. The van der Waals surface area contributed by atoms with Gasteiger partial charge in [0.25, 0.3) is 5.78 Å². The van der Waals surface area contributed by atoms with E-state index in [0.717, 1.165) is 10.3 Å². The number of rotatable bonds is 5. The summed E-state index contributed by atoms with van der Waals surface area (Å²) in [6.07, 6.45) is 0. The zero-order chi connectivity index (χ0) is 25.6. The van der Waals surface area contributed by atoms with Gasteiger partial charge in [-0.25, -0.2) is 4.98 Å². The number of hydrogen-bond donors (Lipinski definition) is 1. The lowest BCUT2D eigenvalue weighted by molar-refractivity contribution is -0.132. The summed E-state index contributed by atoms with van der Waals surface area (Å²) in [5, 5.41) is 12.1. The molecule has 0 bridgehead atoms. The molecule has 4 aromatic rings. The highest BCUT2D eigenvalue weighted by molar-refractivity contribution is 7.22. The van der Waals surface area contributed by atoms with E-state index in [4.69, 9.17) is 21.1 Å². The molecule has 1 amide bonds. The SMILES string of the molecule is COc1ccc(C2/C(=C(\O)c3ccc(C)cc3)C(=O)C(=O)N2c2nc3ccc(Cl)cc3s2)cc1OC. The number of methoxy groups -OCH3 is 2. The third-order valence-electron chi connectivity index (χ3n) is 6.04. The fraction of sp³-hybridized carbons (Fsp3) is 0.148. The maximum Gasteiger partial charge on any atom is 0.301 e. The predicted molar refractivity (Wildman–Crippen MR) is 140 cm³/mol. The van der Waals surface area contributed by atoms with E-state index in [1.807, 2.05) is 19.1 Å². The van der Waals surface area contributed by atoms with E-state index in [1.165, 1.54) is 30.5 Å². The zero-order valence-electron chi connectivity index (χ0n) is 19.6. The van der Waals surface area contributed by atoms with Crippen LogP contribution < -0.4 is 14.4 Å². The van der Waals surface area contributed by atoms with Gasteiger partial charge in [-0.1, -0.05) is 58.8 Å². The standard InChI is InChI=1S/C27H21ClN2O5S/c1-14-4-6-15(7-5-14)24(31)22-23(16-8-11-19(34-2)20(12-16)35-3)30(26(33)25(22)32)27-29-18-10-9-17(28)13-21(18)36-27/h4-13,23,31H,1-3H3/b24-22+. The van der Waals surface area contributed by atoms with Crippen molar-refractivity contribution in [1.29, 1.82) is 0 Å². The average Bonchev–Trinajstić information content (AvgIpc) is 3.41. The second-order valence-electron chi connectivity index (χ2n) is 8.26. The van der Waals surface area contributed by atoms with E-state index < -0.39 is 17.7 Å². The van der Waals surface area contributed by atoms with Gasteiger partial charge in [-0.3, -0.25) is 14.5 Å². The molecule has 1 fully saturated rings. The van der Waals surface area contributed by atoms with E-state index in [9.17, 15) is 14.7 Å². The highest BCUT2D eigenvalue weighted by Gasteiger charge is 2.48. The zero-order valence-corrected chi connectivity index (χ0v) is 21.2. The lowest BCUT2D eigenvalue weighted by Crippen LogP contribution is -2.29. The summed E-state index contributed by atoms with van der Waals surface area (Å²) in [6, 6.07) is 16.5. The molecule has 1 atom stereocenters. The number of Topliss-reactive ketones (excluding diaryl/α,β-unsaturated/α-hetero) is 1. The number of aliphatic hydroxyl groups excluding tert-OH is 1. The van der Waals surface area contributed by atoms with Crippen molar-refractivity contribution in [3.05, 3.63) is 87.9 Å². The molecule has 5 rings (SSSR count). The number of halogens is 1. The Kier molecular flexibility index (Phi) is 6.15. The first kappa shape index (κ1) is 23.8. The molecule has 9 heteroatoms. The first-order chi connectivity index (χ1) is 17.3. The predicted octanol–water partition coefficient (Wildman–Crippen LogP) is 5.90. The van der Waals surface area contributed by atoms with Crippen LogP contribution in [0, 0.1) is 6.92 Å². The summed E-state index contributed by atoms with van der Waals surface area (Å²) in [6.45, 7) is 1.92. The van der Waals surface area contributed by atoms with E-state index in [-0.39, 0.29) is 11.3 Å². The smallest absolute Gasteiger partial charge is 0.301 e. The molecular weight excluding hydrogens is 500 g/mol. The molecular formula is C27H21ClN2O5S. The summed E-state index contributed by atoms with van der Waals surface area (Å²) in [5.74, 6) is -0.933. The quantitative estimate of drug-likeness (QED) is 0.200. The summed E-state index contributed by atoms with van der Waals surface area (Å²) >= 11 is 7.39. The molecule has 1 saturated heterocycles. The molecule has 3 aromatic carbocycles. The minimum absolute atomic E-state index is 0.0339. The van der Waals surface area contributed by atoms with E-state index in [1.54, 1.807) is 48.5 Å². The molecule has 1 aromatic heterocycles. The monoisotopic (exact) mass is 520 g/mol. The maximum atomic E-state index is 13.4. The topological polar surface area (TPSA) is 89.0 Å². The number of anilines is 1. The summed E-state index contributed by atoms with van der Waals surface area (Å²) in [7, 11) is 3.02. The van der Waals surface area contributed by atoms with Gasteiger partial charge in [0, 0.05) is 10.6 Å². The number of aryl methyl sites for hydroxylation is 1. The fourth-order valence-corrected chi connectivity index (χ4v) is 5.49. The third kappa shape index (κ3) is 3.98. The molecule has 0 spiro atoms. The van der Waals surface area contributed by atoms with Crippen molar-refractivity contribution in [2.45, 2.75) is 13.0 Å². The molecule has 2 heterocycles. The van der Waals surface area contributed by atoms with Crippen molar-refractivity contribution in [3.63, 3.8) is 0 Å². The largest absolute Gasteiger partial charge is 0.507 e. The summed E-state index contributed by atoms with van der Waals surface area (Å²) in [5.41, 5.74) is 2.59. The number of aliphatic hydroxyl groups is 1. The molecule has 7 nitrogen and oxygen atoms in total. The number of carbonyl (C=O) groups is 2. The van der Waals surface area contributed by atoms with Crippen LogP contribution in [0.2, 0.25) is 5.02 Å². The molecule has 0 aliphatic carbocycles. The number of benzene rings is 3. The first-order valence-electron chi connectivity index (χ1n) is 11.0. The maximum absolute atomic E-state index is 13.4. The van der Waals surface area contributed by atoms with Crippen LogP contribution in [-0.2, 0) is 9.59 Å². The van der Waals surface area contributed by atoms with Crippen molar-refractivity contribution < 1.29 is 24.2 Å². The molecule has 0 saturated carbocycles. The Bertz CT molecular complexity index is 1540. The number of carbonyl (C=O) groups excluding carboxylic acids is 2. The van der Waals surface area contributed by atoms with Gasteiger partial charge >= 0.3 is 5.91 Å². The first-order valence-corrected chi connectivity index (χ1v) is 12.2. The number of ketones is 1. The van der Waals surface area contributed by atoms with Gasteiger partial charge in [-0.15, -0.1) is 0 Å². The van der Waals surface area contributed by atoms with Crippen molar-refractivity contribution in [1.82, 2.24) is 4.98 Å². The molecule has 1 aliphatic heterocycles. The van der Waals surface area contributed by atoms with Crippen LogP contribution in [0.4, 0.5) is 5.13 Å². The summed E-state index contributed by atoms with van der Waals surface area (Å²) < 4.78 is 11.6. The Hall–Kier alpha value is -3.88. The Morgan fingerprint density at radius 1 is 1.00 bits per heavy atom. The van der Waals surface area contributed by atoms with Crippen LogP contribution in [-0.4, -0.2) is 36.0 Å². The number of aromatic nitrogens is 1. The van der Waals surface area contributed by atoms with Crippen molar-refractivity contribution in [2.75, 3.05) is 19.1 Å². The minimum Gasteiger partial charge on any atom is -0.507 e. The number of amides is 1. The molecule has 182 valence electrons. The minimum atomic E-state index is -0.942. The van der Waals surface area contributed by atoms with Crippen LogP contribution in [0.25, 0.3) is 16.0 Å². The number of hydrogen-bond acceptors (Lipinski definition) is 7. The summed E-state index contributed by atoms with van der Waals surface area (Å²) in [4.78, 5) is 32.7. The van der Waals surface area contributed by atoms with Gasteiger partial charge in [-0.05, 0) is 42.8 Å². The van der Waals surface area contributed by atoms with E-state index >= 15 is 0 Å². The van der Waals surface area contributed by atoms with Crippen LogP contribution >= 0.6 is 22.9 Å². The molecule has 1 N–H and O–H groups in total. The lowest BCUT2D eigenvalue weighted by Gasteiger charge is -2.23. The third-order valence-corrected chi connectivity index (χ3v) is 7.29. The number of ether oxygens (including phenoxy) is 2. The van der Waals surface area contributed by atoms with Crippen LogP contribution in [0.1, 0.15) is 22.7 Å². The van der Waals surface area contributed by atoms with Gasteiger partial charge in [-0.2, -0.15) is 0 Å². The molecule has 1 unspecified atom stereocenters. The van der Waals surface area contributed by atoms with Gasteiger partial charge in [0.2, 0.25) is 0 Å². The number of thiazole rings is 1. The van der Waals surface area contributed by atoms with Crippen LogP contribution in [0.15, 0.2) is 66.2 Å². The van der Waals surface area contributed by atoms with Gasteiger partial charge < -0.3 is 14.6 Å². The van der Waals surface area contributed by atoms with Gasteiger partial charge in [0.05, 0.1) is 36.1 Å². The molecule has 1 aliphatic rings. The number of fused-ring (bicyclic) bond motifs is 1. The van der Waals surface area contributed by atoms with Crippen LogP contribution in [0.5, 0.6) is 11.5 Å². The Balaban J connectivity index is 1.75. The van der Waals surface area contributed by atoms with E-state index in [2.05, 4.69) is 4.98 Å². The lowest BCUT2D eigenvalue weighted by atomic mass is 9.95. The second-order valence-corrected chi connectivity index (χ2v) is 9.70. The van der Waals surface area contributed by atoms with Crippen molar-refractivity contribution >= 4 is 55.7 Å². The molecule has 0 radical (unpaired) electrons. The van der Waals surface area contributed by atoms with Crippen molar-refractivity contribution in [2.24, 2.45) is 0 Å². The van der Waals surface area contributed by atoms with Gasteiger partial charge in [0.1, 0.15) is 5.76 Å². The average molecular weight is 521 g/mol. The number of nitrogens with zero attached hydrogens (tertiary/aromatic N) is 2. The Labute approximate surface area is 216 Å². The van der Waals surface area contributed by atoms with E-state index in [0.29, 0.717) is 38.3 Å². The second kappa shape index (κ2) is 9.29. The Morgan fingerprint density at radius 2 is 1.72 bits per heavy atom. The highest BCUT2D eigenvalue weighted by Crippen LogP contribution is 2.46.